The number of anilines is 1. The number of thiophene rings is 1. The van der Waals surface area contributed by atoms with Gasteiger partial charge < -0.3 is 9.64 Å². The van der Waals surface area contributed by atoms with Gasteiger partial charge in [0.2, 0.25) is 0 Å². The molecule has 0 spiro atoms. The van der Waals surface area contributed by atoms with Gasteiger partial charge in [0.15, 0.2) is 5.82 Å². The largest absolute Gasteiger partial charge is 0.460 e. The van der Waals surface area contributed by atoms with E-state index in [1.807, 2.05) is 24.4 Å². The highest BCUT2D eigenvalue weighted by Crippen LogP contribution is 2.23. The molecular weight excluding hydrogens is 286 g/mol. The summed E-state index contributed by atoms with van der Waals surface area (Å²) >= 11 is 1.50. The van der Waals surface area contributed by atoms with Gasteiger partial charge in [-0.3, -0.25) is 0 Å². The lowest BCUT2D eigenvalue weighted by atomic mass is 10.2. The van der Waals surface area contributed by atoms with Gasteiger partial charge in [-0.15, -0.1) is 5.10 Å². The van der Waals surface area contributed by atoms with Crippen LogP contribution in [0.2, 0.25) is 0 Å². The molecule has 1 atom stereocenters. The van der Waals surface area contributed by atoms with Crippen molar-refractivity contribution in [2.45, 2.75) is 25.8 Å². The topological polar surface area (TPSA) is 55.3 Å². The van der Waals surface area contributed by atoms with Crippen LogP contribution >= 0.6 is 11.3 Å². The molecule has 21 heavy (non-hydrogen) atoms. The summed E-state index contributed by atoms with van der Waals surface area (Å²) in [5.41, 5.74) is 1.53. The summed E-state index contributed by atoms with van der Waals surface area (Å²) in [4.78, 5) is 14.1. The second kappa shape index (κ2) is 6.22. The fraction of sp³-hybridized carbons (Fsp3) is 0.400. The Hall–Kier alpha value is -1.95. The Morgan fingerprint density at radius 3 is 3.05 bits per heavy atom. The van der Waals surface area contributed by atoms with E-state index in [0.717, 1.165) is 30.9 Å². The fourth-order valence-electron chi connectivity index (χ4n) is 2.49. The van der Waals surface area contributed by atoms with E-state index < -0.39 is 0 Å². The lowest BCUT2D eigenvalue weighted by Crippen LogP contribution is -2.34. The number of hydrogen-bond donors (Lipinski definition) is 0. The number of ether oxygens (including phenoxy) is 1. The molecule has 0 aromatic carbocycles. The van der Waals surface area contributed by atoms with Gasteiger partial charge in [-0.2, -0.15) is 16.4 Å². The smallest absolute Gasteiger partial charge is 0.339 e. The number of rotatable bonds is 4. The molecule has 110 valence electrons. The molecule has 3 heterocycles. The summed E-state index contributed by atoms with van der Waals surface area (Å²) in [6, 6.07) is 5.89. The number of esters is 1. The first-order valence-electron chi connectivity index (χ1n) is 7.00. The Morgan fingerprint density at radius 1 is 1.43 bits per heavy atom. The molecule has 1 aliphatic rings. The predicted octanol–water partition coefficient (Wildman–Crippen LogP) is 2.67. The van der Waals surface area contributed by atoms with Crippen molar-refractivity contribution >= 4 is 23.1 Å². The van der Waals surface area contributed by atoms with Crippen molar-refractivity contribution in [2.75, 3.05) is 18.1 Å². The van der Waals surface area contributed by atoms with E-state index in [4.69, 9.17) is 4.74 Å². The Bertz CT molecular complexity index is 598. The highest BCUT2D eigenvalue weighted by atomic mass is 32.1. The van der Waals surface area contributed by atoms with Gasteiger partial charge in [0.25, 0.3) is 0 Å². The van der Waals surface area contributed by atoms with Crippen molar-refractivity contribution in [1.29, 1.82) is 0 Å². The first-order chi connectivity index (χ1) is 10.2. The molecule has 0 aliphatic carbocycles. The highest BCUT2D eigenvalue weighted by molar-refractivity contribution is 7.08. The minimum Gasteiger partial charge on any atom is -0.460 e. The van der Waals surface area contributed by atoms with Crippen LogP contribution in [0.25, 0.3) is 0 Å². The average Bonchev–Trinajstić information content (AvgIpc) is 3.17. The number of nitrogens with zero attached hydrogens (tertiary/aromatic N) is 3. The predicted molar refractivity (Wildman–Crippen MR) is 81.7 cm³/mol. The molecule has 6 heteroatoms. The van der Waals surface area contributed by atoms with Crippen LogP contribution in [-0.2, 0) is 4.74 Å². The maximum absolute atomic E-state index is 11.9. The molecule has 2 aromatic heterocycles. The van der Waals surface area contributed by atoms with E-state index in [-0.39, 0.29) is 12.0 Å². The summed E-state index contributed by atoms with van der Waals surface area (Å²) in [6.45, 7) is 3.24. The van der Waals surface area contributed by atoms with Crippen molar-refractivity contribution in [3.63, 3.8) is 0 Å². The first kappa shape index (κ1) is 14.0. The number of carbonyl (C=O) groups is 1. The molecule has 5 nitrogen and oxygen atoms in total. The second-order valence-corrected chi connectivity index (χ2v) is 5.91. The van der Waals surface area contributed by atoms with Gasteiger partial charge in [0.1, 0.15) is 6.61 Å². The molecule has 0 amide bonds. The van der Waals surface area contributed by atoms with Crippen molar-refractivity contribution < 1.29 is 9.53 Å². The van der Waals surface area contributed by atoms with E-state index in [1.165, 1.54) is 11.3 Å². The SMILES string of the molecule is Cc1ccc(N2CCCC2COC(=O)c2ccsc2)nn1. The Kier molecular flexibility index (Phi) is 4.15. The van der Waals surface area contributed by atoms with Gasteiger partial charge in [-0.1, -0.05) is 0 Å². The zero-order valence-electron chi connectivity index (χ0n) is 11.9. The molecule has 1 aliphatic heterocycles. The standard InChI is InChI=1S/C15H17N3O2S/c1-11-4-5-14(17-16-11)18-7-2-3-13(18)9-20-15(19)12-6-8-21-10-12/h4-6,8,10,13H,2-3,7,9H2,1H3. The van der Waals surface area contributed by atoms with Crippen molar-refractivity contribution in [3.8, 4) is 0 Å². The molecule has 0 radical (unpaired) electrons. The van der Waals surface area contributed by atoms with Crippen LogP contribution in [0.5, 0.6) is 0 Å². The summed E-state index contributed by atoms with van der Waals surface area (Å²) in [5, 5.41) is 12.0. The van der Waals surface area contributed by atoms with Crippen LogP contribution in [0.1, 0.15) is 28.9 Å². The van der Waals surface area contributed by atoms with Crippen molar-refractivity contribution in [2.24, 2.45) is 0 Å². The molecular formula is C15H17N3O2S. The van der Waals surface area contributed by atoms with Gasteiger partial charge >= 0.3 is 5.97 Å². The molecule has 1 saturated heterocycles. The Morgan fingerprint density at radius 2 is 2.33 bits per heavy atom. The quantitative estimate of drug-likeness (QED) is 0.813. The third kappa shape index (κ3) is 3.21. The van der Waals surface area contributed by atoms with Crippen LogP contribution in [-0.4, -0.2) is 35.4 Å². The van der Waals surface area contributed by atoms with Crippen LogP contribution < -0.4 is 4.90 Å². The number of hydrogen-bond acceptors (Lipinski definition) is 6. The number of carbonyl (C=O) groups excluding carboxylic acids is 1. The van der Waals surface area contributed by atoms with Crippen LogP contribution in [0.3, 0.4) is 0 Å². The van der Waals surface area contributed by atoms with E-state index in [1.54, 1.807) is 11.4 Å². The first-order valence-corrected chi connectivity index (χ1v) is 7.94. The van der Waals surface area contributed by atoms with Crippen LogP contribution in [0.4, 0.5) is 5.82 Å². The van der Waals surface area contributed by atoms with E-state index >= 15 is 0 Å². The van der Waals surface area contributed by atoms with Gasteiger partial charge in [-0.05, 0) is 43.3 Å². The Labute approximate surface area is 127 Å². The third-order valence-corrected chi connectivity index (χ3v) is 4.30. The van der Waals surface area contributed by atoms with Gasteiger partial charge in [0.05, 0.1) is 17.3 Å². The van der Waals surface area contributed by atoms with Gasteiger partial charge in [-0.25, -0.2) is 4.79 Å². The lowest BCUT2D eigenvalue weighted by molar-refractivity contribution is 0.0483. The zero-order valence-corrected chi connectivity index (χ0v) is 12.7. The molecule has 3 rings (SSSR count). The minimum absolute atomic E-state index is 0.185. The maximum Gasteiger partial charge on any atom is 0.339 e. The molecule has 0 N–H and O–H groups in total. The van der Waals surface area contributed by atoms with Crippen LogP contribution in [0.15, 0.2) is 29.0 Å². The summed E-state index contributed by atoms with van der Waals surface area (Å²) < 4.78 is 5.42. The molecule has 2 aromatic rings. The lowest BCUT2D eigenvalue weighted by Gasteiger charge is -2.24. The molecule has 0 bridgehead atoms. The fourth-order valence-corrected chi connectivity index (χ4v) is 3.12. The molecule has 1 unspecified atom stereocenters. The Balaban J connectivity index is 1.62. The summed E-state index contributed by atoms with van der Waals surface area (Å²) in [7, 11) is 0. The normalized spacial score (nSPS) is 18.0. The molecule has 1 fully saturated rings. The van der Waals surface area contributed by atoms with Crippen molar-refractivity contribution in [1.82, 2.24) is 10.2 Å². The highest BCUT2D eigenvalue weighted by Gasteiger charge is 2.27. The summed E-state index contributed by atoms with van der Waals surface area (Å²) in [5.74, 6) is 0.604. The number of aromatic nitrogens is 2. The van der Waals surface area contributed by atoms with Crippen molar-refractivity contribution in [3.05, 3.63) is 40.2 Å². The van der Waals surface area contributed by atoms with E-state index in [9.17, 15) is 4.79 Å². The zero-order chi connectivity index (χ0) is 14.7. The maximum atomic E-state index is 11.9. The number of aryl methyl sites for hydroxylation is 1. The average molecular weight is 303 g/mol. The second-order valence-electron chi connectivity index (χ2n) is 5.13. The van der Waals surface area contributed by atoms with E-state index in [2.05, 4.69) is 15.1 Å². The monoisotopic (exact) mass is 303 g/mol. The summed E-state index contributed by atoms with van der Waals surface area (Å²) in [6.07, 6.45) is 2.09. The minimum atomic E-state index is -0.252. The van der Waals surface area contributed by atoms with Gasteiger partial charge in [0, 0.05) is 11.9 Å². The van der Waals surface area contributed by atoms with E-state index in [0.29, 0.717) is 12.2 Å². The third-order valence-electron chi connectivity index (χ3n) is 3.62. The molecule has 0 saturated carbocycles. The van der Waals surface area contributed by atoms with Crippen LogP contribution in [0, 0.1) is 6.92 Å².